The van der Waals surface area contributed by atoms with E-state index >= 15 is 0 Å². The number of carbonyl (C=O) groups excluding carboxylic acids is 1. The van der Waals surface area contributed by atoms with Gasteiger partial charge in [0.2, 0.25) is 5.91 Å². The number of amides is 1. The van der Waals surface area contributed by atoms with Crippen molar-refractivity contribution in [2.24, 2.45) is 5.73 Å². The molecule has 2 atom stereocenters. The molecule has 2 aromatic rings. The zero-order valence-corrected chi connectivity index (χ0v) is 11.1. The van der Waals surface area contributed by atoms with Gasteiger partial charge in [-0.05, 0) is 30.7 Å². The Morgan fingerprint density at radius 2 is 1.85 bits per heavy atom. The fourth-order valence-electron chi connectivity index (χ4n) is 2.55. The van der Waals surface area contributed by atoms with Crippen molar-refractivity contribution < 1.29 is 9.18 Å². The molecule has 1 heterocycles. The Balaban J connectivity index is 1.97. The lowest BCUT2D eigenvalue weighted by Crippen LogP contribution is -2.63. The number of nitrogens with zero attached hydrogens (tertiary/aromatic N) is 1. The minimum Gasteiger partial charge on any atom is -0.318 e. The topological polar surface area (TPSA) is 46.3 Å². The fraction of sp³-hybridized carbons (Fsp3) is 0.188. The predicted molar refractivity (Wildman–Crippen MR) is 75.8 cm³/mol. The van der Waals surface area contributed by atoms with Gasteiger partial charge < -0.3 is 10.6 Å². The van der Waals surface area contributed by atoms with E-state index in [1.54, 1.807) is 17.0 Å². The largest absolute Gasteiger partial charge is 0.318 e. The standard InChI is InChI=1S/C16H15FN2O/c1-10-5-7-11(8-6-10)15-14(18)16(20)19(15)13-4-2-3-12(17)9-13/h2-9,14-15H,18H2,1H3/t14-,15+/m1/s1. The van der Waals surface area contributed by atoms with Gasteiger partial charge in [0.1, 0.15) is 11.9 Å². The molecule has 1 amide bonds. The van der Waals surface area contributed by atoms with E-state index in [9.17, 15) is 9.18 Å². The van der Waals surface area contributed by atoms with Gasteiger partial charge in [-0.1, -0.05) is 35.9 Å². The van der Waals surface area contributed by atoms with Gasteiger partial charge in [0.05, 0.1) is 6.04 Å². The van der Waals surface area contributed by atoms with Gasteiger partial charge in [-0.3, -0.25) is 4.79 Å². The van der Waals surface area contributed by atoms with Crippen LogP contribution in [-0.4, -0.2) is 11.9 Å². The Labute approximate surface area is 116 Å². The molecule has 20 heavy (non-hydrogen) atoms. The molecule has 3 rings (SSSR count). The van der Waals surface area contributed by atoms with Crippen LogP contribution in [0.15, 0.2) is 48.5 Å². The van der Waals surface area contributed by atoms with Crippen molar-refractivity contribution in [3.05, 3.63) is 65.5 Å². The highest BCUT2D eigenvalue weighted by Gasteiger charge is 2.46. The number of anilines is 1. The van der Waals surface area contributed by atoms with Crippen molar-refractivity contribution in [2.75, 3.05) is 4.90 Å². The number of halogens is 1. The Bertz CT molecular complexity index is 654. The molecule has 1 aliphatic rings. The Hall–Kier alpha value is -2.20. The van der Waals surface area contributed by atoms with Crippen LogP contribution in [0.5, 0.6) is 0 Å². The maximum absolute atomic E-state index is 13.3. The molecule has 102 valence electrons. The molecule has 1 fully saturated rings. The van der Waals surface area contributed by atoms with Crippen LogP contribution in [0.4, 0.5) is 10.1 Å². The van der Waals surface area contributed by atoms with Crippen LogP contribution in [0.3, 0.4) is 0 Å². The third-order valence-corrected chi connectivity index (χ3v) is 3.65. The SMILES string of the molecule is Cc1ccc([C@H]2[C@@H](N)C(=O)N2c2cccc(F)c2)cc1. The van der Waals surface area contributed by atoms with Crippen molar-refractivity contribution in [3.63, 3.8) is 0 Å². The second-order valence-electron chi connectivity index (χ2n) is 5.07. The number of hydrogen-bond acceptors (Lipinski definition) is 2. The molecule has 0 bridgehead atoms. The number of β-lactam (4-membered cyclic amide) rings is 1. The summed E-state index contributed by atoms with van der Waals surface area (Å²) in [7, 11) is 0. The summed E-state index contributed by atoms with van der Waals surface area (Å²) in [4.78, 5) is 13.6. The van der Waals surface area contributed by atoms with Crippen molar-refractivity contribution in [2.45, 2.75) is 19.0 Å². The van der Waals surface area contributed by atoms with Crippen molar-refractivity contribution >= 4 is 11.6 Å². The number of benzene rings is 2. The average molecular weight is 270 g/mol. The Kier molecular flexibility index (Phi) is 3.03. The first-order valence-corrected chi connectivity index (χ1v) is 6.49. The summed E-state index contributed by atoms with van der Waals surface area (Å²) in [5.41, 5.74) is 8.57. The summed E-state index contributed by atoms with van der Waals surface area (Å²) in [6, 6.07) is 13.1. The Morgan fingerprint density at radius 3 is 2.50 bits per heavy atom. The minimum absolute atomic E-state index is 0.179. The van der Waals surface area contributed by atoms with Crippen LogP contribution >= 0.6 is 0 Å². The van der Waals surface area contributed by atoms with Crippen LogP contribution < -0.4 is 10.6 Å². The van der Waals surface area contributed by atoms with E-state index in [1.807, 2.05) is 31.2 Å². The zero-order valence-electron chi connectivity index (χ0n) is 11.1. The second kappa shape index (κ2) is 4.72. The molecule has 0 unspecified atom stereocenters. The quantitative estimate of drug-likeness (QED) is 0.852. The molecule has 4 heteroatoms. The lowest BCUT2D eigenvalue weighted by molar-refractivity contribution is -0.126. The van der Waals surface area contributed by atoms with E-state index in [0.717, 1.165) is 11.1 Å². The van der Waals surface area contributed by atoms with Gasteiger partial charge in [-0.25, -0.2) is 4.39 Å². The van der Waals surface area contributed by atoms with Crippen LogP contribution in [0, 0.1) is 12.7 Å². The molecular weight excluding hydrogens is 255 g/mol. The third kappa shape index (κ3) is 1.98. The van der Waals surface area contributed by atoms with Crippen LogP contribution in [0.2, 0.25) is 0 Å². The molecule has 3 nitrogen and oxygen atoms in total. The van der Waals surface area contributed by atoms with Crippen LogP contribution in [0.1, 0.15) is 17.2 Å². The maximum atomic E-state index is 13.3. The highest BCUT2D eigenvalue weighted by Crippen LogP contribution is 2.38. The van der Waals surface area contributed by atoms with Crippen LogP contribution in [0.25, 0.3) is 0 Å². The summed E-state index contributed by atoms with van der Waals surface area (Å²) in [6.07, 6.45) is 0. The van der Waals surface area contributed by atoms with Gasteiger partial charge in [0, 0.05) is 5.69 Å². The lowest BCUT2D eigenvalue weighted by Gasteiger charge is -2.45. The van der Waals surface area contributed by atoms with Gasteiger partial charge in [-0.15, -0.1) is 0 Å². The molecule has 1 saturated heterocycles. The first kappa shape index (κ1) is 12.8. The molecule has 0 radical (unpaired) electrons. The molecule has 0 saturated carbocycles. The highest BCUT2D eigenvalue weighted by molar-refractivity contribution is 6.05. The van der Waals surface area contributed by atoms with E-state index in [4.69, 9.17) is 5.73 Å². The van der Waals surface area contributed by atoms with E-state index in [1.165, 1.54) is 12.1 Å². The number of carbonyl (C=O) groups is 1. The smallest absolute Gasteiger partial charge is 0.247 e. The van der Waals surface area contributed by atoms with Crippen molar-refractivity contribution in [3.8, 4) is 0 Å². The number of hydrogen-bond donors (Lipinski definition) is 1. The summed E-state index contributed by atoms with van der Waals surface area (Å²) >= 11 is 0. The molecule has 2 N–H and O–H groups in total. The first-order valence-electron chi connectivity index (χ1n) is 6.49. The normalized spacial score (nSPS) is 21.8. The molecule has 0 aromatic heterocycles. The monoisotopic (exact) mass is 270 g/mol. The van der Waals surface area contributed by atoms with Crippen molar-refractivity contribution in [1.82, 2.24) is 0 Å². The fourth-order valence-corrected chi connectivity index (χ4v) is 2.55. The third-order valence-electron chi connectivity index (χ3n) is 3.65. The molecular formula is C16H15FN2O. The number of nitrogens with two attached hydrogens (primary N) is 1. The van der Waals surface area contributed by atoms with Gasteiger partial charge in [0.15, 0.2) is 0 Å². The van der Waals surface area contributed by atoms with Crippen LogP contribution in [-0.2, 0) is 4.79 Å². The van der Waals surface area contributed by atoms with Gasteiger partial charge in [0.25, 0.3) is 0 Å². The van der Waals surface area contributed by atoms with E-state index in [-0.39, 0.29) is 17.8 Å². The zero-order chi connectivity index (χ0) is 14.3. The number of rotatable bonds is 2. The molecule has 2 aromatic carbocycles. The maximum Gasteiger partial charge on any atom is 0.247 e. The Morgan fingerprint density at radius 1 is 1.15 bits per heavy atom. The summed E-state index contributed by atoms with van der Waals surface area (Å²) in [5.74, 6) is -0.542. The molecule has 0 spiro atoms. The summed E-state index contributed by atoms with van der Waals surface area (Å²) in [5, 5.41) is 0. The van der Waals surface area contributed by atoms with E-state index in [0.29, 0.717) is 5.69 Å². The first-order chi connectivity index (χ1) is 9.58. The highest BCUT2D eigenvalue weighted by atomic mass is 19.1. The molecule has 1 aliphatic heterocycles. The van der Waals surface area contributed by atoms with E-state index in [2.05, 4.69) is 0 Å². The number of aryl methyl sites for hydroxylation is 1. The van der Waals surface area contributed by atoms with Gasteiger partial charge in [-0.2, -0.15) is 0 Å². The second-order valence-corrected chi connectivity index (χ2v) is 5.07. The molecule has 0 aliphatic carbocycles. The summed E-state index contributed by atoms with van der Waals surface area (Å²) in [6.45, 7) is 2.00. The lowest BCUT2D eigenvalue weighted by atomic mass is 9.88. The predicted octanol–water partition coefficient (Wildman–Crippen LogP) is 2.55. The van der Waals surface area contributed by atoms with Gasteiger partial charge >= 0.3 is 0 Å². The average Bonchev–Trinajstić information content (AvgIpc) is 2.45. The summed E-state index contributed by atoms with van der Waals surface area (Å²) < 4.78 is 13.3. The van der Waals surface area contributed by atoms with E-state index < -0.39 is 6.04 Å². The minimum atomic E-state index is -0.569. The van der Waals surface area contributed by atoms with Crippen molar-refractivity contribution in [1.29, 1.82) is 0 Å².